The van der Waals surface area contributed by atoms with Crippen molar-refractivity contribution in [1.29, 1.82) is 0 Å². The summed E-state index contributed by atoms with van der Waals surface area (Å²) < 4.78 is 0. The molecule has 0 aliphatic carbocycles. The van der Waals surface area contributed by atoms with Gasteiger partial charge in [-0.05, 0) is 42.7 Å². The maximum atomic E-state index is 11.9. The lowest BCUT2D eigenvalue weighted by Gasteiger charge is -2.20. The number of nitrogens with zero attached hydrogens (tertiary/aromatic N) is 2. The minimum Gasteiger partial charge on any atom is -0.331 e. The molecule has 0 spiro atoms. The predicted octanol–water partition coefficient (Wildman–Crippen LogP) is 3.47. The van der Waals surface area contributed by atoms with Gasteiger partial charge < -0.3 is 10.2 Å². The van der Waals surface area contributed by atoms with Crippen molar-refractivity contribution in [1.82, 2.24) is 15.2 Å². The third kappa shape index (κ3) is 3.81. The lowest BCUT2D eigenvalue weighted by Crippen LogP contribution is -2.38. The molecule has 1 N–H and O–H groups in total. The Morgan fingerprint density at radius 1 is 1.14 bits per heavy atom. The van der Waals surface area contributed by atoms with Crippen LogP contribution in [-0.2, 0) is 0 Å². The summed E-state index contributed by atoms with van der Waals surface area (Å²) in [6.45, 7) is 4.64. The second kappa shape index (κ2) is 6.88. The average molecular weight is 283 g/mol. The fourth-order valence-corrected chi connectivity index (χ4v) is 2.03. The Balaban J connectivity index is 2.07. The Hall–Kier alpha value is -2.36. The zero-order valence-electron chi connectivity index (χ0n) is 12.7. The summed E-state index contributed by atoms with van der Waals surface area (Å²) in [5, 5.41) is 2.98. The molecule has 0 radical (unpaired) electrons. The van der Waals surface area contributed by atoms with Crippen molar-refractivity contribution >= 4 is 6.03 Å². The van der Waals surface area contributed by atoms with Crippen molar-refractivity contribution in [2.24, 2.45) is 0 Å². The Labute approximate surface area is 125 Å². The first-order chi connectivity index (χ1) is 10.1. The van der Waals surface area contributed by atoms with E-state index >= 15 is 0 Å². The van der Waals surface area contributed by atoms with Gasteiger partial charge in [-0.25, -0.2) is 4.79 Å². The van der Waals surface area contributed by atoms with E-state index in [0.717, 1.165) is 16.7 Å². The van der Waals surface area contributed by atoms with Gasteiger partial charge >= 0.3 is 6.03 Å². The smallest absolute Gasteiger partial charge is 0.317 e. The van der Waals surface area contributed by atoms with Crippen LogP contribution < -0.4 is 5.32 Å². The highest BCUT2D eigenvalue weighted by Crippen LogP contribution is 2.21. The fourth-order valence-electron chi connectivity index (χ4n) is 2.03. The summed E-state index contributed by atoms with van der Waals surface area (Å²) in [6.07, 6.45) is 3.57. The second-order valence-electron chi connectivity index (χ2n) is 5.04. The number of urea groups is 1. The first kappa shape index (κ1) is 15.0. The molecule has 0 saturated carbocycles. The van der Waals surface area contributed by atoms with E-state index < -0.39 is 0 Å². The van der Waals surface area contributed by atoms with Gasteiger partial charge in [0.1, 0.15) is 0 Å². The molecule has 1 aromatic carbocycles. The molecule has 0 fully saturated rings. The molecule has 0 saturated heterocycles. The predicted molar refractivity (Wildman–Crippen MR) is 84.9 cm³/mol. The molecule has 21 heavy (non-hydrogen) atoms. The number of carbonyl (C=O) groups is 1. The number of amides is 2. The monoisotopic (exact) mass is 283 g/mol. The summed E-state index contributed by atoms with van der Waals surface area (Å²) in [6, 6.07) is 12.1. The van der Waals surface area contributed by atoms with Crippen molar-refractivity contribution in [2.75, 3.05) is 13.6 Å². The van der Waals surface area contributed by atoms with E-state index in [4.69, 9.17) is 0 Å². The fraction of sp³-hybridized carbons (Fsp3) is 0.294. The van der Waals surface area contributed by atoms with E-state index in [1.165, 1.54) is 0 Å². The topological polar surface area (TPSA) is 45.2 Å². The van der Waals surface area contributed by atoms with Crippen LogP contribution in [0.15, 0.2) is 48.8 Å². The van der Waals surface area contributed by atoms with Crippen LogP contribution in [0.25, 0.3) is 11.1 Å². The molecule has 110 valence electrons. The first-order valence-corrected chi connectivity index (χ1v) is 7.13. The molecule has 2 amide bonds. The molecule has 0 bridgehead atoms. The minimum atomic E-state index is -0.0526. The standard InChI is InChI=1S/C17H21N3O/c1-4-20(3)17(21)19-13(2)14-5-7-15(8-6-14)16-9-11-18-12-10-16/h5-13H,4H2,1-3H3,(H,19,21)/t13-/m1/s1. The van der Waals surface area contributed by atoms with Crippen LogP contribution in [0.3, 0.4) is 0 Å². The number of benzene rings is 1. The van der Waals surface area contributed by atoms with Gasteiger partial charge in [0, 0.05) is 26.0 Å². The highest BCUT2D eigenvalue weighted by molar-refractivity contribution is 5.74. The van der Waals surface area contributed by atoms with Gasteiger partial charge in [-0.1, -0.05) is 24.3 Å². The van der Waals surface area contributed by atoms with Crippen molar-refractivity contribution in [3.63, 3.8) is 0 Å². The molecular weight excluding hydrogens is 262 g/mol. The Morgan fingerprint density at radius 3 is 2.29 bits per heavy atom. The van der Waals surface area contributed by atoms with Crippen molar-refractivity contribution in [2.45, 2.75) is 19.9 Å². The molecule has 0 aliphatic rings. The van der Waals surface area contributed by atoms with Gasteiger partial charge in [0.15, 0.2) is 0 Å². The quantitative estimate of drug-likeness (QED) is 0.933. The molecule has 2 rings (SSSR count). The normalized spacial score (nSPS) is 11.8. The first-order valence-electron chi connectivity index (χ1n) is 7.13. The number of pyridine rings is 1. The summed E-state index contributed by atoms with van der Waals surface area (Å²) in [7, 11) is 1.79. The molecule has 0 aliphatic heterocycles. The summed E-state index contributed by atoms with van der Waals surface area (Å²) in [5.41, 5.74) is 3.37. The number of rotatable bonds is 4. The Kier molecular flexibility index (Phi) is 4.93. The molecule has 4 heteroatoms. The van der Waals surface area contributed by atoms with Crippen LogP contribution in [0, 0.1) is 0 Å². The van der Waals surface area contributed by atoms with Crippen LogP contribution >= 0.6 is 0 Å². The van der Waals surface area contributed by atoms with Gasteiger partial charge in [0.05, 0.1) is 6.04 Å². The Morgan fingerprint density at radius 2 is 1.71 bits per heavy atom. The number of nitrogens with one attached hydrogen (secondary N) is 1. The Bertz CT molecular complexity index is 581. The molecule has 0 unspecified atom stereocenters. The van der Waals surface area contributed by atoms with E-state index in [1.54, 1.807) is 24.3 Å². The summed E-state index contributed by atoms with van der Waals surface area (Å²) >= 11 is 0. The highest BCUT2D eigenvalue weighted by atomic mass is 16.2. The van der Waals surface area contributed by atoms with Crippen LogP contribution in [-0.4, -0.2) is 29.5 Å². The highest BCUT2D eigenvalue weighted by Gasteiger charge is 2.12. The molecule has 4 nitrogen and oxygen atoms in total. The minimum absolute atomic E-state index is 0.0157. The SMILES string of the molecule is CCN(C)C(=O)N[C@H](C)c1ccc(-c2ccncc2)cc1. The van der Waals surface area contributed by atoms with Crippen LogP contribution in [0.1, 0.15) is 25.5 Å². The molecular formula is C17H21N3O. The van der Waals surface area contributed by atoms with Crippen LogP contribution in [0.4, 0.5) is 4.79 Å². The van der Waals surface area contributed by atoms with E-state index in [2.05, 4.69) is 22.4 Å². The van der Waals surface area contributed by atoms with Crippen LogP contribution in [0.5, 0.6) is 0 Å². The maximum Gasteiger partial charge on any atom is 0.317 e. The van der Waals surface area contributed by atoms with Gasteiger partial charge in [0.25, 0.3) is 0 Å². The summed E-state index contributed by atoms with van der Waals surface area (Å²) in [5.74, 6) is 0. The van der Waals surface area contributed by atoms with Crippen LogP contribution in [0.2, 0.25) is 0 Å². The lowest BCUT2D eigenvalue weighted by molar-refractivity contribution is 0.208. The summed E-state index contributed by atoms with van der Waals surface area (Å²) in [4.78, 5) is 17.5. The van der Waals surface area contributed by atoms with Gasteiger partial charge in [-0.3, -0.25) is 4.98 Å². The van der Waals surface area contributed by atoms with Gasteiger partial charge in [-0.2, -0.15) is 0 Å². The molecule has 1 atom stereocenters. The molecule has 1 aromatic heterocycles. The third-order valence-electron chi connectivity index (χ3n) is 3.59. The van der Waals surface area contributed by atoms with E-state index in [-0.39, 0.29) is 12.1 Å². The van der Waals surface area contributed by atoms with Crippen molar-refractivity contribution in [3.8, 4) is 11.1 Å². The number of hydrogen-bond acceptors (Lipinski definition) is 2. The van der Waals surface area contributed by atoms with E-state index in [0.29, 0.717) is 6.54 Å². The maximum absolute atomic E-state index is 11.9. The van der Waals surface area contributed by atoms with E-state index in [9.17, 15) is 4.79 Å². The molecule has 1 heterocycles. The largest absolute Gasteiger partial charge is 0.331 e. The lowest BCUT2D eigenvalue weighted by atomic mass is 10.0. The number of aromatic nitrogens is 1. The van der Waals surface area contributed by atoms with Crippen molar-refractivity contribution in [3.05, 3.63) is 54.4 Å². The second-order valence-corrected chi connectivity index (χ2v) is 5.04. The molecule has 2 aromatic rings. The third-order valence-corrected chi connectivity index (χ3v) is 3.59. The number of hydrogen-bond donors (Lipinski definition) is 1. The van der Waals surface area contributed by atoms with E-state index in [1.807, 2.05) is 38.1 Å². The average Bonchev–Trinajstić information content (AvgIpc) is 2.55. The van der Waals surface area contributed by atoms with Gasteiger partial charge in [0.2, 0.25) is 0 Å². The zero-order chi connectivity index (χ0) is 15.2. The van der Waals surface area contributed by atoms with Crippen molar-refractivity contribution < 1.29 is 4.79 Å². The number of carbonyl (C=O) groups excluding carboxylic acids is 1. The van der Waals surface area contributed by atoms with Gasteiger partial charge in [-0.15, -0.1) is 0 Å². The zero-order valence-corrected chi connectivity index (χ0v) is 12.7.